The zero-order chi connectivity index (χ0) is 15.2. The molecule has 0 atom stereocenters. The van der Waals surface area contributed by atoms with Crippen LogP contribution in [0.25, 0.3) is 0 Å². The lowest BCUT2D eigenvalue weighted by Crippen LogP contribution is -2.68. The number of nitrogens with zero attached hydrogens (tertiary/aromatic N) is 1. The molecule has 0 bridgehead atoms. The summed E-state index contributed by atoms with van der Waals surface area (Å²) in [6.07, 6.45) is 0. The van der Waals surface area contributed by atoms with Gasteiger partial charge in [-0.2, -0.15) is 4.57 Å². The molecule has 0 aliphatic carbocycles. The van der Waals surface area contributed by atoms with Crippen LogP contribution >= 0.6 is 0 Å². The Labute approximate surface area is 113 Å². The zero-order valence-electron chi connectivity index (χ0n) is 11.0. The summed E-state index contributed by atoms with van der Waals surface area (Å²) in [5.74, 6) is 0. The van der Waals surface area contributed by atoms with E-state index >= 15 is 0 Å². The van der Waals surface area contributed by atoms with E-state index in [1.54, 1.807) is 0 Å². The molecule has 0 amide bonds. The van der Waals surface area contributed by atoms with E-state index < -0.39 is 10.2 Å². The van der Waals surface area contributed by atoms with Crippen LogP contribution in [0.4, 0.5) is 0 Å². The van der Waals surface area contributed by atoms with Gasteiger partial charge in [0.05, 0.1) is 0 Å². The number of hydrogen-bond donors (Lipinski definition) is 2. The number of hydrogen-bond acceptors (Lipinski definition) is 6. The minimum Gasteiger partial charge on any atom is -0.389 e. The molecule has 0 unspecified atom stereocenters. The fraction of sp³-hybridized carbons (Fsp3) is 0.545. The number of aliphatic hydroxyl groups is 2. The summed E-state index contributed by atoms with van der Waals surface area (Å²) in [7, 11) is -4.94. The van der Waals surface area contributed by atoms with Crippen LogP contribution in [0.5, 0.6) is 0 Å². The van der Waals surface area contributed by atoms with Crippen LogP contribution in [0, 0.1) is 31.0 Å². The van der Waals surface area contributed by atoms with Gasteiger partial charge in [-0.1, -0.05) is 0 Å². The second-order valence-electron chi connectivity index (χ2n) is 4.08. The number of rotatable bonds is 3. The molecular weight excluding hydrogens is 278 g/mol. The van der Waals surface area contributed by atoms with Gasteiger partial charge in [-0.25, -0.2) is 18.6 Å². The third-order valence-electron chi connectivity index (χ3n) is 2.42. The number of aromatic nitrogens is 1. The zero-order valence-corrected chi connectivity index (χ0v) is 11.8. The predicted octanol–water partition coefficient (Wildman–Crippen LogP) is -4.33. The Bertz CT molecular complexity index is 374. The Morgan fingerprint density at radius 1 is 1.00 bits per heavy atom. The maximum Gasteiger partial charge on any atom is 0.204 e. The van der Waals surface area contributed by atoms with E-state index in [1.165, 1.54) is 5.56 Å². The summed E-state index contributed by atoms with van der Waals surface area (Å²) in [4.78, 5) is 0. The van der Waals surface area contributed by atoms with Crippen LogP contribution in [0.2, 0.25) is 0 Å². The van der Waals surface area contributed by atoms with Crippen molar-refractivity contribution in [1.29, 1.82) is 0 Å². The van der Waals surface area contributed by atoms with E-state index in [-0.39, 0.29) is 19.3 Å². The third-order valence-corrected chi connectivity index (χ3v) is 2.42. The van der Waals surface area contributed by atoms with Crippen molar-refractivity contribution in [3.63, 3.8) is 0 Å². The Morgan fingerprint density at radius 3 is 1.58 bits per heavy atom. The molecule has 0 saturated carbocycles. The molecule has 0 radical (unpaired) electrons. The van der Waals surface area contributed by atoms with Gasteiger partial charge >= 0.3 is 0 Å². The lowest BCUT2D eigenvalue weighted by molar-refractivity contribution is -2.00. The summed E-state index contributed by atoms with van der Waals surface area (Å²) in [5, 5.41) is 18.2. The summed E-state index contributed by atoms with van der Waals surface area (Å²) in [6, 6.07) is 3.87. The van der Waals surface area contributed by atoms with Crippen molar-refractivity contribution in [2.24, 2.45) is 0 Å². The molecule has 0 saturated heterocycles. The monoisotopic (exact) mass is 295 g/mol. The number of halogens is 1. The van der Waals surface area contributed by atoms with E-state index in [2.05, 4.69) is 0 Å². The molecule has 1 heterocycles. The fourth-order valence-corrected chi connectivity index (χ4v) is 1.91. The minimum absolute atomic E-state index is 0.0358. The minimum atomic E-state index is -4.94. The molecule has 0 aromatic carbocycles. The Morgan fingerprint density at radius 2 is 1.32 bits per heavy atom. The van der Waals surface area contributed by atoms with Gasteiger partial charge in [0, 0.05) is 26.0 Å². The van der Waals surface area contributed by atoms with Crippen LogP contribution in [0.1, 0.15) is 23.0 Å². The fourth-order valence-electron chi connectivity index (χ4n) is 1.91. The van der Waals surface area contributed by atoms with Gasteiger partial charge in [0.15, 0.2) is 11.4 Å². The van der Waals surface area contributed by atoms with Crippen LogP contribution in [0.3, 0.4) is 0 Å². The molecule has 0 spiro atoms. The average molecular weight is 296 g/mol. The van der Waals surface area contributed by atoms with Gasteiger partial charge < -0.3 is 10.2 Å². The molecular formula is C11H18ClNO6. The molecule has 1 aromatic rings. The summed E-state index contributed by atoms with van der Waals surface area (Å²) < 4.78 is 35.9. The number of aliphatic hydroxyl groups excluding tert-OH is 2. The Kier molecular flexibility index (Phi) is 7.38. The highest BCUT2D eigenvalue weighted by Crippen LogP contribution is 2.05. The second kappa shape index (κ2) is 7.71. The standard InChI is InChI=1S/C11H18NO2.ClHO4/c1-8-4-9(2)12(10(3)5-8)11(6-13)7-14;2-1(3,4)5/h4-5,11,13-14H,6-7H2,1-3H3;(H,2,3,4,5)/q+1;/p-1. The molecule has 0 aliphatic rings. The number of aryl methyl sites for hydroxylation is 3. The van der Waals surface area contributed by atoms with Crippen molar-refractivity contribution < 1.29 is 43.7 Å². The summed E-state index contributed by atoms with van der Waals surface area (Å²) >= 11 is 0. The van der Waals surface area contributed by atoms with Crippen LogP contribution in [-0.2, 0) is 0 Å². The Hall–Kier alpha value is -0.800. The van der Waals surface area contributed by atoms with Gasteiger partial charge in [0.25, 0.3) is 0 Å². The van der Waals surface area contributed by atoms with Gasteiger partial charge in [0.2, 0.25) is 6.04 Å². The first-order chi connectivity index (χ1) is 8.60. The lowest BCUT2D eigenvalue weighted by Gasteiger charge is -2.17. The van der Waals surface area contributed by atoms with Crippen LogP contribution < -0.4 is 23.2 Å². The molecule has 7 nitrogen and oxygen atoms in total. The molecule has 1 aromatic heterocycles. The van der Waals surface area contributed by atoms with E-state index in [0.29, 0.717) is 0 Å². The largest absolute Gasteiger partial charge is 0.389 e. The first-order valence-corrected chi connectivity index (χ1v) is 6.66. The maximum absolute atomic E-state index is 9.12. The predicted molar refractivity (Wildman–Crippen MR) is 54.1 cm³/mol. The highest BCUT2D eigenvalue weighted by atomic mass is 35.7. The van der Waals surface area contributed by atoms with E-state index in [9.17, 15) is 0 Å². The summed E-state index contributed by atoms with van der Waals surface area (Å²) in [6.45, 7) is 5.94. The molecule has 0 fully saturated rings. The van der Waals surface area contributed by atoms with Crippen molar-refractivity contribution >= 4 is 0 Å². The molecule has 0 aliphatic heterocycles. The lowest BCUT2D eigenvalue weighted by atomic mass is 10.1. The number of pyridine rings is 1. The van der Waals surface area contributed by atoms with Gasteiger partial charge in [-0.05, 0) is 12.5 Å². The molecule has 2 N–H and O–H groups in total. The van der Waals surface area contributed by atoms with Crippen LogP contribution in [-0.4, -0.2) is 23.4 Å². The van der Waals surface area contributed by atoms with Gasteiger partial charge in [-0.3, -0.25) is 0 Å². The highest BCUT2D eigenvalue weighted by Gasteiger charge is 2.21. The highest BCUT2D eigenvalue weighted by molar-refractivity contribution is 5.13. The van der Waals surface area contributed by atoms with Crippen molar-refractivity contribution in [3.05, 3.63) is 29.1 Å². The maximum atomic E-state index is 9.12. The second-order valence-corrected chi connectivity index (χ2v) is 4.84. The van der Waals surface area contributed by atoms with Gasteiger partial charge in [-0.15, -0.1) is 10.2 Å². The van der Waals surface area contributed by atoms with Crippen molar-refractivity contribution in [2.75, 3.05) is 13.2 Å². The van der Waals surface area contributed by atoms with E-state index in [1.807, 2.05) is 37.5 Å². The SMILES string of the molecule is Cc1cc(C)[n+](C(CO)CO)c(C)c1.[O-][Cl+3]([O-])([O-])[O-]. The van der Waals surface area contributed by atoms with Crippen molar-refractivity contribution in [2.45, 2.75) is 26.8 Å². The Balaban J connectivity index is 0.000000555. The topological polar surface area (TPSA) is 137 Å². The first kappa shape index (κ1) is 18.2. The molecule has 19 heavy (non-hydrogen) atoms. The molecule has 110 valence electrons. The van der Waals surface area contributed by atoms with Crippen molar-refractivity contribution in [3.8, 4) is 0 Å². The molecule has 8 heteroatoms. The summed E-state index contributed by atoms with van der Waals surface area (Å²) in [5.41, 5.74) is 3.33. The molecule has 1 rings (SSSR count). The van der Waals surface area contributed by atoms with Crippen LogP contribution in [0.15, 0.2) is 12.1 Å². The average Bonchev–Trinajstić information content (AvgIpc) is 2.20. The van der Waals surface area contributed by atoms with E-state index in [0.717, 1.165) is 11.4 Å². The first-order valence-electron chi connectivity index (χ1n) is 5.43. The smallest absolute Gasteiger partial charge is 0.204 e. The van der Waals surface area contributed by atoms with Crippen molar-refractivity contribution in [1.82, 2.24) is 0 Å². The normalized spacial score (nSPS) is 11.3. The quantitative estimate of drug-likeness (QED) is 0.541. The van der Waals surface area contributed by atoms with E-state index in [4.69, 9.17) is 28.8 Å². The van der Waals surface area contributed by atoms with Gasteiger partial charge in [0.1, 0.15) is 13.2 Å². The third kappa shape index (κ3) is 7.38.